The van der Waals surface area contributed by atoms with Gasteiger partial charge in [0, 0.05) is 70.5 Å². The van der Waals surface area contributed by atoms with Gasteiger partial charge in [0.05, 0.1) is 50.2 Å². The molecule has 0 saturated carbocycles. The number of ketones is 1. The number of methoxy groups -OCH3 is 4. The van der Waals surface area contributed by atoms with Crippen molar-refractivity contribution in [2.24, 2.45) is 41.4 Å². The molecular formula is C49H87NO12. The molecule has 13 heteroatoms. The van der Waals surface area contributed by atoms with Crippen LogP contribution in [0.1, 0.15) is 102 Å². The van der Waals surface area contributed by atoms with E-state index in [1.165, 1.54) is 0 Å². The largest absolute Gasteiger partial charge is 0.462 e. The minimum atomic E-state index is -0.709. The van der Waals surface area contributed by atoms with Crippen LogP contribution in [-0.4, -0.2) is 140 Å². The fourth-order valence-corrected chi connectivity index (χ4v) is 9.52. The van der Waals surface area contributed by atoms with Crippen molar-refractivity contribution in [1.29, 1.82) is 0 Å². The summed E-state index contributed by atoms with van der Waals surface area (Å²) in [6.45, 7) is 26.7. The number of hydrogen-bond acceptors (Lipinski definition) is 13. The summed E-state index contributed by atoms with van der Waals surface area (Å²) in [5.41, 5.74) is 0.829. The standard InChI is InChI=1S/C47H81NO12.C2H6/c1-17-21-55-39-25-40(50)59-38(18-2)36(26-56-47-45(54-16)44(53-15)30(6)34(10)58-47)22-27(3)19-20-37(49)28(4)23-35(24-41(51-13)52-14)43(31(39)7)60-46-32(8)42(48(11)12)29(5)33(9)57-46;1-2/h17,19-20,22,28-36,38-39,41-47H,1,18,21,23-26H2,2-16H3;1-2H3/b20-19+,27-22+;/t28-,29-,30-,31+,32-,33-,34-,35-,36-,38-,39-,42+,43-,44-,45-,46+,47-;/m1./s1. The van der Waals surface area contributed by atoms with Crippen LogP contribution in [0.25, 0.3) is 0 Å². The van der Waals surface area contributed by atoms with Gasteiger partial charge in [-0.2, -0.15) is 0 Å². The number of carbonyl (C=O) groups is 2. The van der Waals surface area contributed by atoms with Crippen LogP contribution >= 0.6 is 0 Å². The van der Waals surface area contributed by atoms with Crippen molar-refractivity contribution in [2.45, 2.75) is 169 Å². The molecule has 0 aromatic heterocycles. The highest BCUT2D eigenvalue weighted by molar-refractivity contribution is 5.91. The second kappa shape index (κ2) is 28.1. The molecule has 0 radical (unpaired) electrons. The number of hydrogen-bond donors (Lipinski definition) is 0. The summed E-state index contributed by atoms with van der Waals surface area (Å²) in [5, 5.41) is 0. The molecule has 0 bridgehead atoms. The van der Waals surface area contributed by atoms with Crippen molar-refractivity contribution >= 4 is 11.8 Å². The van der Waals surface area contributed by atoms with Crippen molar-refractivity contribution in [2.75, 3.05) is 55.7 Å². The van der Waals surface area contributed by atoms with E-state index in [-0.39, 0.29) is 91.2 Å². The Kier molecular flexibility index (Phi) is 25.4. The monoisotopic (exact) mass is 882 g/mol. The molecule has 3 heterocycles. The van der Waals surface area contributed by atoms with Gasteiger partial charge in [0.1, 0.15) is 12.2 Å². The highest BCUT2D eigenvalue weighted by atomic mass is 16.7. The van der Waals surface area contributed by atoms with Crippen LogP contribution in [-0.2, 0) is 57.0 Å². The van der Waals surface area contributed by atoms with E-state index in [0.717, 1.165) is 5.57 Å². The van der Waals surface area contributed by atoms with E-state index in [1.807, 2.05) is 60.6 Å². The van der Waals surface area contributed by atoms with Crippen LogP contribution in [0.5, 0.6) is 0 Å². The predicted molar refractivity (Wildman–Crippen MR) is 242 cm³/mol. The van der Waals surface area contributed by atoms with Crippen molar-refractivity contribution in [3.63, 3.8) is 0 Å². The molecule has 2 saturated heterocycles. The smallest absolute Gasteiger partial charge is 0.308 e. The van der Waals surface area contributed by atoms with Crippen molar-refractivity contribution in [1.82, 2.24) is 4.90 Å². The zero-order valence-electron chi connectivity index (χ0n) is 41.5. The van der Waals surface area contributed by atoms with Crippen LogP contribution in [0.2, 0.25) is 0 Å². The van der Waals surface area contributed by atoms with Gasteiger partial charge in [0.15, 0.2) is 24.7 Å². The third kappa shape index (κ3) is 15.6. The molecule has 0 amide bonds. The molecule has 0 N–H and O–H groups in total. The molecule has 3 rings (SSSR count). The summed E-state index contributed by atoms with van der Waals surface area (Å²) in [7, 11) is 10.7. The second-order valence-corrected chi connectivity index (χ2v) is 17.8. The Labute approximate surface area is 375 Å². The minimum absolute atomic E-state index is 0.00366. The lowest BCUT2D eigenvalue weighted by Gasteiger charge is -2.48. The first-order chi connectivity index (χ1) is 29.5. The van der Waals surface area contributed by atoms with Crippen molar-refractivity contribution < 1.29 is 57.0 Å². The van der Waals surface area contributed by atoms with Crippen LogP contribution in [0.4, 0.5) is 0 Å². The number of rotatable bonds is 16. The van der Waals surface area contributed by atoms with Crippen molar-refractivity contribution in [3.05, 3.63) is 36.5 Å². The summed E-state index contributed by atoms with van der Waals surface area (Å²) >= 11 is 0. The molecule has 0 unspecified atom stereocenters. The Bertz CT molecular complexity index is 1370. The van der Waals surface area contributed by atoms with Gasteiger partial charge in [0.25, 0.3) is 0 Å². The molecule has 62 heavy (non-hydrogen) atoms. The van der Waals surface area contributed by atoms with E-state index in [0.29, 0.717) is 19.3 Å². The molecular weight excluding hydrogens is 795 g/mol. The quantitative estimate of drug-likeness (QED) is 0.0844. The number of nitrogens with zero attached hydrogens (tertiary/aromatic N) is 1. The molecule has 13 nitrogen and oxygen atoms in total. The topological polar surface area (TPSA) is 130 Å². The minimum Gasteiger partial charge on any atom is -0.462 e. The van der Waals surface area contributed by atoms with Gasteiger partial charge in [0.2, 0.25) is 0 Å². The summed E-state index contributed by atoms with van der Waals surface area (Å²) < 4.78 is 62.6. The zero-order chi connectivity index (χ0) is 46.8. The second-order valence-electron chi connectivity index (χ2n) is 17.8. The number of cyclic esters (lactones) is 1. The van der Waals surface area contributed by atoms with E-state index in [2.05, 4.69) is 53.3 Å². The molecule has 0 spiro atoms. The Balaban J connectivity index is 0.00000651. The lowest BCUT2D eigenvalue weighted by atomic mass is 9.78. The average Bonchev–Trinajstić information content (AvgIpc) is 3.25. The molecule has 17 atom stereocenters. The number of carbonyl (C=O) groups excluding carboxylic acids is 2. The third-order valence-electron chi connectivity index (χ3n) is 13.4. The average molecular weight is 882 g/mol. The number of ether oxygens (including phenoxy) is 10. The maximum Gasteiger partial charge on any atom is 0.308 e. The van der Waals surface area contributed by atoms with E-state index in [9.17, 15) is 9.59 Å². The Morgan fingerprint density at radius 3 is 2.00 bits per heavy atom. The molecule has 360 valence electrons. The Morgan fingerprint density at radius 2 is 1.44 bits per heavy atom. The molecule has 0 aliphatic carbocycles. The SMILES string of the molecule is C=CCO[C@@H]1CC(=O)O[C@H](CC)[C@@H](CO[C@@H]2O[C@H](C)[C@@H](C)[C@@H](OC)[C@H]2OC)/C=C(C)/C=C/C(=O)[C@H](C)C[C@H](CC(OC)OC)[C@H](O[C@@H]2O[C@H](C)[C@@H](C)[C@H](N(C)C)[C@H]2C)[C@H]1C.CC. The number of allylic oxidation sites excluding steroid dienone is 3. The van der Waals surface area contributed by atoms with Crippen LogP contribution in [0.15, 0.2) is 36.5 Å². The molecule has 3 aliphatic rings. The van der Waals surface area contributed by atoms with Gasteiger partial charge in [-0.05, 0) is 65.6 Å². The maximum atomic E-state index is 14.2. The van der Waals surface area contributed by atoms with E-state index in [4.69, 9.17) is 47.4 Å². The van der Waals surface area contributed by atoms with Crippen molar-refractivity contribution in [3.8, 4) is 0 Å². The third-order valence-corrected chi connectivity index (χ3v) is 13.4. The van der Waals surface area contributed by atoms with Gasteiger partial charge in [-0.15, -0.1) is 6.58 Å². The summed E-state index contributed by atoms with van der Waals surface area (Å²) in [6.07, 6.45) is 4.00. The molecule has 3 aliphatic heterocycles. The summed E-state index contributed by atoms with van der Waals surface area (Å²) in [5.74, 6) is -1.48. The Hall–Kier alpha value is -2.04. The van der Waals surface area contributed by atoms with Gasteiger partial charge in [-0.3, -0.25) is 9.59 Å². The van der Waals surface area contributed by atoms with E-state index >= 15 is 0 Å². The highest BCUT2D eigenvalue weighted by Crippen LogP contribution is 2.39. The molecule has 0 aromatic rings. The van der Waals surface area contributed by atoms with Gasteiger partial charge in [-0.25, -0.2) is 0 Å². The first kappa shape index (κ1) is 56.1. The lowest BCUT2D eigenvalue weighted by Crippen LogP contribution is -2.56. The van der Waals surface area contributed by atoms with E-state index < -0.39 is 49.3 Å². The fourth-order valence-electron chi connectivity index (χ4n) is 9.52. The zero-order valence-corrected chi connectivity index (χ0v) is 41.5. The highest BCUT2D eigenvalue weighted by Gasteiger charge is 2.47. The predicted octanol–water partition coefficient (Wildman–Crippen LogP) is 8.04. The van der Waals surface area contributed by atoms with Crippen LogP contribution in [0, 0.1) is 41.4 Å². The summed E-state index contributed by atoms with van der Waals surface area (Å²) in [4.78, 5) is 30.5. The van der Waals surface area contributed by atoms with Gasteiger partial charge in [-0.1, -0.05) is 79.2 Å². The fraction of sp³-hybridized carbons (Fsp3) is 0.837. The van der Waals surface area contributed by atoms with Gasteiger partial charge >= 0.3 is 5.97 Å². The molecule has 0 aromatic carbocycles. The van der Waals surface area contributed by atoms with Gasteiger partial charge < -0.3 is 52.3 Å². The number of esters is 1. The normalized spacial score (nSPS) is 39.3. The van der Waals surface area contributed by atoms with E-state index in [1.54, 1.807) is 40.6 Å². The van der Waals surface area contributed by atoms with Crippen LogP contribution in [0.3, 0.4) is 0 Å². The summed E-state index contributed by atoms with van der Waals surface area (Å²) in [6, 6.07) is 0.190. The molecule has 2 fully saturated rings. The first-order valence-corrected chi connectivity index (χ1v) is 23.1. The lowest BCUT2D eigenvalue weighted by molar-refractivity contribution is -0.292. The Morgan fingerprint density at radius 1 is 0.823 bits per heavy atom. The van der Waals surface area contributed by atoms with Crippen LogP contribution < -0.4 is 0 Å². The first-order valence-electron chi connectivity index (χ1n) is 23.1. The maximum absolute atomic E-state index is 14.2.